The molecule has 3 aromatic rings. The molecule has 0 atom stereocenters. The van der Waals surface area contributed by atoms with Gasteiger partial charge in [-0.25, -0.2) is 5.43 Å². The fourth-order valence-corrected chi connectivity index (χ4v) is 3.75. The summed E-state index contributed by atoms with van der Waals surface area (Å²) in [6.07, 6.45) is 3.54. The molecule has 0 fully saturated rings. The molecule has 1 N–H and O–H groups in total. The van der Waals surface area contributed by atoms with Crippen LogP contribution in [-0.2, 0) is 23.8 Å². The van der Waals surface area contributed by atoms with Crippen LogP contribution in [0.25, 0.3) is 11.4 Å². The van der Waals surface area contributed by atoms with Crippen molar-refractivity contribution in [3.63, 3.8) is 0 Å². The van der Waals surface area contributed by atoms with Gasteiger partial charge in [-0.15, -0.1) is 10.2 Å². The van der Waals surface area contributed by atoms with Crippen LogP contribution in [0.15, 0.2) is 52.9 Å². The Hall–Kier alpha value is -2.87. The van der Waals surface area contributed by atoms with E-state index in [1.807, 2.05) is 41.4 Å². The minimum Gasteiger partial charge on any atom is -0.350 e. The van der Waals surface area contributed by atoms with Gasteiger partial charge in [0.25, 0.3) is 5.91 Å². The maximum absolute atomic E-state index is 12.1. The van der Waals surface area contributed by atoms with Gasteiger partial charge in [0.05, 0.1) is 17.7 Å². The standard InChI is InChI=1S/C22H28N6OS/c1-6-28-20(16-9-11-17(12-10-16)22(2,3)4)25-26-21(28)30-15-19(29)24-23-14-18-8-7-13-27(18)5/h7-14H,6,15H2,1-5H3,(H,24,29). The first-order chi connectivity index (χ1) is 14.3. The summed E-state index contributed by atoms with van der Waals surface area (Å²) in [5.74, 6) is 0.834. The average molecular weight is 425 g/mol. The third kappa shape index (κ3) is 5.18. The van der Waals surface area contributed by atoms with Gasteiger partial charge in [-0.2, -0.15) is 5.10 Å². The molecule has 0 aliphatic heterocycles. The topological polar surface area (TPSA) is 77.1 Å². The van der Waals surface area contributed by atoms with Crippen LogP contribution in [-0.4, -0.2) is 37.2 Å². The Balaban J connectivity index is 1.63. The van der Waals surface area contributed by atoms with Crippen LogP contribution in [0.4, 0.5) is 0 Å². The number of nitrogens with one attached hydrogen (secondary N) is 1. The zero-order valence-corrected chi connectivity index (χ0v) is 18.9. The molecule has 0 saturated heterocycles. The number of aryl methyl sites for hydroxylation is 1. The van der Waals surface area contributed by atoms with Gasteiger partial charge in [0.1, 0.15) is 0 Å². The Bertz CT molecular complexity index is 1030. The number of rotatable bonds is 7. The molecule has 0 aliphatic carbocycles. The minimum absolute atomic E-state index is 0.105. The molecule has 0 aliphatic rings. The van der Waals surface area contributed by atoms with Crippen molar-refractivity contribution in [2.75, 3.05) is 5.75 Å². The highest BCUT2D eigenvalue weighted by Gasteiger charge is 2.17. The molecular formula is C22H28N6OS. The smallest absolute Gasteiger partial charge is 0.250 e. The summed E-state index contributed by atoms with van der Waals surface area (Å²) in [6.45, 7) is 9.35. The molecule has 8 heteroatoms. The van der Waals surface area contributed by atoms with Crippen molar-refractivity contribution in [1.29, 1.82) is 0 Å². The molecule has 0 spiro atoms. The van der Waals surface area contributed by atoms with Gasteiger partial charge < -0.3 is 9.13 Å². The summed E-state index contributed by atoms with van der Waals surface area (Å²) in [4.78, 5) is 12.1. The molecule has 1 aromatic carbocycles. The van der Waals surface area contributed by atoms with E-state index >= 15 is 0 Å². The largest absolute Gasteiger partial charge is 0.350 e. The van der Waals surface area contributed by atoms with E-state index in [1.54, 1.807) is 6.21 Å². The number of thioether (sulfide) groups is 1. The fraction of sp³-hybridized carbons (Fsp3) is 0.364. The van der Waals surface area contributed by atoms with Gasteiger partial charge in [-0.1, -0.05) is 56.8 Å². The van der Waals surface area contributed by atoms with Gasteiger partial charge in [-0.05, 0) is 30.0 Å². The highest BCUT2D eigenvalue weighted by Crippen LogP contribution is 2.27. The molecule has 0 bridgehead atoms. The van der Waals surface area contributed by atoms with Crippen molar-refractivity contribution >= 4 is 23.9 Å². The molecule has 0 radical (unpaired) electrons. The normalized spacial score (nSPS) is 11.9. The van der Waals surface area contributed by atoms with Gasteiger partial charge >= 0.3 is 0 Å². The number of benzene rings is 1. The summed E-state index contributed by atoms with van der Waals surface area (Å²) in [5.41, 5.74) is 5.86. The second-order valence-electron chi connectivity index (χ2n) is 8.00. The second kappa shape index (κ2) is 9.30. The van der Waals surface area contributed by atoms with E-state index in [2.05, 4.69) is 65.8 Å². The first kappa shape index (κ1) is 21.8. The number of amides is 1. The van der Waals surface area contributed by atoms with Crippen LogP contribution >= 0.6 is 11.8 Å². The molecule has 1 amide bonds. The Morgan fingerprint density at radius 2 is 1.93 bits per heavy atom. The lowest BCUT2D eigenvalue weighted by Crippen LogP contribution is -2.20. The lowest BCUT2D eigenvalue weighted by atomic mass is 9.87. The summed E-state index contributed by atoms with van der Waals surface area (Å²) in [6, 6.07) is 12.3. The zero-order valence-electron chi connectivity index (χ0n) is 18.1. The monoisotopic (exact) mass is 424 g/mol. The maximum Gasteiger partial charge on any atom is 0.250 e. The Kier molecular flexibility index (Phi) is 6.77. The molecule has 7 nitrogen and oxygen atoms in total. The number of carbonyl (C=O) groups excluding carboxylic acids is 1. The van der Waals surface area contributed by atoms with Gasteiger partial charge in [-0.3, -0.25) is 4.79 Å². The molecule has 2 heterocycles. The summed E-state index contributed by atoms with van der Waals surface area (Å²) >= 11 is 1.35. The molecule has 158 valence electrons. The molecule has 30 heavy (non-hydrogen) atoms. The zero-order chi connectivity index (χ0) is 21.7. The van der Waals surface area contributed by atoms with Crippen LogP contribution in [0.2, 0.25) is 0 Å². The first-order valence-corrected chi connectivity index (χ1v) is 10.9. The van der Waals surface area contributed by atoms with E-state index in [4.69, 9.17) is 0 Å². The SMILES string of the molecule is CCn1c(SCC(=O)NN=Cc2cccn2C)nnc1-c1ccc(C(C)(C)C)cc1. The Morgan fingerprint density at radius 3 is 2.53 bits per heavy atom. The Morgan fingerprint density at radius 1 is 1.20 bits per heavy atom. The number of hydrazone groups is 1. The van der Waals surface area contributed by atoms with Crippen LogP contribution in [0.5, 0.6) is 0 Å². The molecule has 0 unspecified atom stereocenters. The number of aromatic nitrogens is 4. The maximum atomic E-state index is 12.1. The van der Waals surface area contributed by atoms with Crippen molar-refractivity contribution in [2.45, 2.75) is 44.8 Å². The molecule has 3 rings (SSSR count). The minimum atomic E-state index is -0.188. The quantitative estimate of drug-likeness (QED) is 0.355. The first-order valence-electron chi connectivity index (χ1n) is 9.89. The van der Waals surface area contributed by atoms with Crippen molar-refractivity contribution < 1.29 is 4.79 Å². The van der Waals surface area contributed by atoms with E-state index < -0.39 is 0 Å². The fourth-order valence-electron chi connectivity index (χ4n) is 2.95. The van der Waals surface area contributed by atoms with E-state index in [0.29, 0.717) is 5.16 Å². The van der Waals surface area contributed by atoms with Gasteiger partial charge in [0.2, 0.25) is 0 Å². The molecule has 0 saturated carbocycles. The van der Waals surface area contributed by atoms with Crippen molar-refractivity contribution in [2.24, 2.45) is 12.1 Å². The van der Waals surface area contributed by atoms with Crippen molar-refractivity contribution in [1.82, 2.24) is 24.8 Å². The summed E-state index contributed by atoms with van der Waals surface area (Å²) in [7, 11) is 1.92. The van der Waals surface area contributed by atoms with Crippen LogP contribution in [0.3, 0.4) is 0 Å². The van der Waals surface area contributed by atoms with Crippen molar-refractivity contribution in [3.05, 3.63) is 53.9 Å². The predicted molar refractivity (Wildman–Crippen MR) is 122 cm³/mol. The Labute approximate surface area is 181 Å². The third-order valence-electron chi connectivity index (χ3n) is 4.74. The summed E-state index contributed by atoms with van der Waals surface area (Å²) < 4.78 is 3.95. The van der Waals surface area contributed by atoms with E-state index in [9.17, 15) is 4.79 Å². The second-order valence-corrected chi connectivity index (χ2v) is 8.95. The number of hydrogen-bond acceptors (Lipinski definition) is 5. The van der Waals surface area contributed by atoms with Gasteiger partial charge in [0.15, 0.2) is 11.0 Å². The van der Waals surface area contributed by atoms with Crippen molar-refractivity contribution in [3.8, 4) is 11.4 Å². The summed E-state index contributed by atoms with van der Waals surface area (Å²) in [5, 5.41) is 13.4. The molecular weight excluding hydrogens is 396 g/mol. The highest BCUT2D eigenvalue weighted by atomic mass is 32.2. The lowest BCUT2D eigenvalue weighted by Gasteiger charge is -2.19. The van der Waals surface area contributed by atoms with E-state index in [0.717, 1.165) is 23.6 Å². The van der Waals surface area contributed by atoms with Crippen LogP contribution in [0, 0.1) is 0 Å². The van der Waals surface area contributed by atoms with E-state index in [1.165, 1.54) is 17.3 Å². The number of nitrogens with zero attached hydrogens (tertiary/aromatic N) is 5. The average Bonchev–Trinajstić information content (AvgIpc) is 3.31. The number of carbonyl (C=O) groups is 1. The molecule has 2 aromatic heterocycles. The van der Waals surface area contributed by atoms with Gasteiger partial charge in [0, 0.05) is 25.4 Å². The predicted octanol–water partition coefficient (Wildman–Crippen LogP) is 3.84. The third-order valence-corrected chi connectivity index (χ3v) is 5.71. The lowest BCUT2D eigenvalue weighted by molar-refractivity contribution is -0.118. The van der Waals surface area contributed by atoms with Crippen LogP contribution in [0.1, 0.15) is 39.0 Å². The number of hydrogen-bond donors (Lipinski definition) is 1. The van der Waals surface area contributed by atoms with Crippen LogP contribution < -0.4 is 5.43 Å². The van der Waals surface area contributed by atoms with E-state index in [-0.39, 0.29) is 17.1 Å². The highest BCUT2D eigenvalue weighted by molar-refractivity contribution is 7.99.